The van der Waals surface area contributed by atoms with Crippen LogP contribution in [0.3, 0.4) is 0 Å². The van der Waals surface area contributed by atoms with Crippen LogP contribution in [-0.4, -0.2) is 25.8 Å². The molecule has 1 saturated heterocycles. The number of rotatable bonds is 5. The first-order chi connectivity index (χ1) is 11.6. The highest BCUT2D eigenvalue weighted by atomic mass is 32.2. The van der Waals surface area contributed by atoms with Gasteiger partial charge in [-0.2, -0.15) is 4.31 Å². The Morgan fingerprint density at radius 1 is 0.958 bits per heavy atom. The molecular formula is C20H25NO2S. The van der Waals surface area contributed by atoms with E-state index in [1.54, 1.807) is 16.4 Å². The topological polar surface area (TPSA) is 37.4 Å². The van der Waals surface area contributed by atoms with Gasteiger partial charge < -0.3 is 0 Å². The molecule has 0 atom stereocenters. The van der Waals surface area contributed by atoms with Crippen LogP contribution in [0, 0.1) is 12.8 Å². The molecule has 0 aliphatic carbocycles. The van der Waals surface area contributed by atoms with Crippen LogP contribution in [0.2, 0.25) is 0 Å². The van der Waals surface area contributed by atoms with Crippen LogP contribution in [0.5, 0.6) is 0 Å². The summed E-state index contributed by atoms with van der Waals surface area (Å²) in [6.07, 6.45) is 4.13. The lowest BCUT2D eigenvalue weighted by molar-refractivity contribution is 0.263. The lowest BCUT2D eigenvalue weighted by Crippen LogP contribution is -2.38. The predicted molar refractivity (Wildman–Crippen MR) is 97.4 cm³/mol. The van der Waals surface area contributed by atoms with Crippen molar-refractivity contribution in [3.63, 3.8) is 0 Å². The van der Waals surface area contributed by atoms with E-state index in [0.717, 1.165) is 31.2 Å². The Balaban J connectivity index is 1.55. The van der Waals surface area contributed by atoms with Crippen LogP contribution in [0.1, 0.15) is 30.4 Å². The summed E-state index contributed by atoms with van der Waals surface area (Å²) in [5.41, 5.74) is 2.45. The van der Waals surface area contributed by atoms with Gasteiger partial charge in [-0.25, -0.2) is 8.42 Å². The van der Waals surface area contributed by atoms with E-state index in [1.807, 2.05) is 25.1 Å². The van der Waals surface area contributed by atoms with Crippen molar-refractivity contribution in [2.75, 3.05) is 13.1 Å². The maximum Gasteiger partial charge on any atom is 0.243 e. The second kappa shape index (κ2) is 7.49. The van der Waals surface area contributed by atoms with Gasteiger partial charge in [0.1, 0.15) is 0 Å². The van der Waals surface area contributed by atoms with Crippen LogP contribution < -0.4 is 0 Å². The quantitative estimate of drug-likeness (QED) is 0.822. The molecule has 0 amide bonds. The minimum Gasteiger partial charge on any atom is -0.207 e. The van der Waals surface area contributed by atoms with Gasteiger partial charge in [-0.15, -0.1) is 0 Å². The van der Waals surface area contributed by atoms with E-state index in [1.165, 1.54) is 5.56 Å². The molecule has 0 bridgehead atoms. The molecule has 0 spiro atoms. The van der Waals surface area contributed by atoms with Gasteiger partial charge in [-0.3, -0.25) is 0 Å². The van der Waals surface area contributed by atoms with Gasteiger partial charge in [0.25, 0.3) is 0 Å². The molecule has 128 valence electrons. The Kier molecular flexibility index (Phi) is 5.36. The van der Waals surface area contributed by atoms with Crippen LogP contribution in [-0.2, 0) is 16.4 Å². The molecule has 24 heavy (non-hydrogen) atoms. The summed E-state index contributed by atoms with van der Waals surface area (Å²) < 4.78 is 27.1. The standard InChI is InChI=1S/C20H25NO2S/c1-17-7-11-20(12-8-17)24(22,23)21-15-13-19(14-16-21)10-9-18-5-3-2-4-6-18/h2-8,11-12,19H,9-10,13-16H2,1H3. The Hall–Kier alpha value is -1.65. The number of aryl methyl sites for hydroxylation is 2. The van der Waals surface area contributed by atoms with Gasteiger partial charge in [-0.1, -0.05) is 48.0 Å². The number of hydrogen-bond acceptors (Lipinski definition) is 2. The molecule has 1 fully saturated rings. The lowest BCUT2D eigenvalue weighted by Gasteiger charge is -2.31. The van der Waals surface area contributed by atoms with Crippen molar-refractivity contribution < 1.29 is 8.42 Å². The number of nitrogens with zero attached hydrogens (tertiary/aromatic N) is 1. The van der Waals surface area contributed by atoms with Gasteiger partial charge in [0.15, 0.2) is 0 Å². The number of hydrogen-bond donors (Lipinski definition) is 0. The monoisotopic (exact) mass is 343 g/mol. The SMILES string of the molecule is Cc1ccc(S(=O)(=O)N2CCC(CCc3ccccc3)CC2)cc1. The molecule has 2 aromatic rings. The van der Waals surface area contributed by atoms with Crippen LogP contribution in [0.15, 0.2) is 59.5 Å². The first kappa shape index (κ1) is 17.2. The fourth-order valence-electron chi connectivity index (χ4n) is 3.31. The van der Waals surface area contributed by atoms with Gasteiger partial charge in [0, 0.05) is 13.1 Å². The third-order valence-corrected chi connectivity index (χ3v) is 6.83. The molecule has 0 unspecified atom stereocenters. The Morgan fingerprint density at radius 3 is 2.21 bits per heavy atom. The first-order valence-corrected chi connectivity index (χ1v) is 10.1. The number of piperidine rings is 1. The van der Waals surface area contributed by atoms with Gasteiger partial charge in [0.2, 0.25) is 10.0 Å². The Morgan fingerprint density at radius 2 is 1.58 bits per heavy atom. The molecule has 0 aromatic heterocycles. The van der Waals surface area contributed by atoms with Crippen molar-refractivity contribution >= 4 is 10.0 Å². The van der Waals surface area contributed by atoms with Crippen molar-refractivity contribution in [2.24, 2.45) is 5.92 Å². The molecule has 3 nitrogen and oxygen atoms in total. The average Bonchev–Trinajstić information content (AvgIpc) is 2.61. The van der Waals surface area contributed by atoms with Crippen LogP contribution >= 0.6 is 0 Å². The Labute approximate surface area is 145 Å². The minimum absolute atomic E-state index is 0.413. The molecule has 0 radical (unpaired) electrons. The Bertz CT molecular complexity index is 746. The maximum atomic E-state index is 12.7. The van der Waals surface area contributed by atoms with Crippen LogP contribution in [0.25, 0.3) is 0 Å². The van der Waals surface area contributed by atoms with E-state index in [9.17, 15) is 8.42 Å². The molecule has 1 aliphatic heterocycles. The highest BCUT2D eigenvalue weighted by molar-refractivity contribution is 7.89. The molecule has 2 aromatic carbocycles. The smallest absolute Gasteiger partial charge is 0.207 e. The summed E-state index contributed by atoms with van der Waals surface area (Å²) in [6.45, 7) is 3.24. The lowest BCUT2D eigenvalue weighted by atomic mass is 9.91. The summed E-state index contributed by atoms with van der Waals surface area (Å²) in [6, 6.07) is 17.7. The molecule has 1 heterocycles. The molecule has 0 N–H and O–H groups in total. The molecule has 4 heteroatoms. The normalized spacial score (nSPS) is 17.0. The van der Waals surface area contributed by atoms with E-state index in [-0.39, 0.29) is 0 Å². The van der Waals surface area contributed by atoms with Gasteiger partial charge >= 0.3 is 0 Å². The fraction of sp³-hybridized carbons (Fsp3) is 0.400. The van der Waals surface area contributed by atoms with E-state index in [4.69, 9.17) is 0 Å². The number of sulfonamides is 1. The third kappa shape index (κ3) is 4.05. The van der Waals surface area contributed by atoms with Crippen molar-refractivity contribution in [2.45, 2.75) is 37.5 Å². The molecule has 0 saturated carbocycles. The van der Waals surface area contributed by atoms with E-state index in [2.05, 4.69) is 24.3 Å². The average molecular weight is 343 g/mol. The molecule has 3 rings (SSSR count). The number of benzene rings is 2. The van der Waals surface area contributed by atoms with Gasteiger partial charge in [0.05, 0.1) is 4.90 Å². The van der Waals surface area contributed by atoms with E-state index < -0.39 is 10.0 Å². The van der Waals surface area contributed by atoms with Crippen LogP contribution in [0.4, 0.5) is 0 Å². The summed E-state index contributed by atoms with van der Waals surface area (Å²) >= 11 is 0. The van der Waals surface area contributed by atoms with Crippen molar-refractivity contribution in [3.05, 3.63) is 65.7 Å². The largest absolute Gasteiger partial charge is 0.243 e. The van der Waals surface area contributed by atoms with E-state index >= 15 is 0 Å². The summed E-state index contributed by atoms with van der Waals surface area (Å²) in [4.78, 5) is 0.413. The zero-order valence-corrected chi connectivity index (χ0v) is 15.0. The summed E-state index contributed by atoms with van der Waals surface area (Å²) in [7, 11) is -3.34. The van der Waals surface area contributed by atoms with E-state index in [0.29, 0.717) is 23.9 Å². The second-order valence-electron chi connectivity index (χ2n) is 6.68. The maximum absolute atomic E-state index is 12.7. The molecular weight excluding hydrogens is 318 g/mol. The third-order valence-electron chi connectivity index (χ3n) is 4.92. The highest BCUT2D eigenvalue weighted by Crippen LogP contribution is 2.26. The van der Waals surface area contributed by atoms with Gasteiger partial charge in [-0.05, 0) is 56.2 Å². The predicted octanol–water partition coefficient (Wildman–Crippen LogP) is 4.03. The highest BCUT2D eigenvalue weighted by Gasteiger charge is 2.29. The zero-order chi connectivity index (χ0) is 17.0. The first-order valence-electron chi connectivity index (χ1n) is 8.66. The van der Waals surface area contributed by atoms with Crippen molar-refractivity contribution in [3.8, 4) is 0 Å². The van der Waals surface area contributed by atoms with Crippen molar-refractivity contribution in [1.29, 1.82) is 0 Å². The second-order valence-corrected chi connectivity index (χ2v) is 8.62. The molecule has 1 aliphatic rings. The zero-order valence-electron chi connectivity index (χ0n) is 14.2. The summed E-state index contributed by atoms with van der Waals surface area (Å²) in [5, 5.41) is 0. The van der Waals surface area contributed by atoms with Crippen molar-refractivity contribution in [1.82, 2.24) is 4.31 Å². The summed E-state index contributed by atoms with van der Waals surface area (Å²) in [5.74, 6) is 0.620. The minimum atomic E-state index is -3.34. The fourth-order valence-corrected chi connectivity index (χ4v) is 4.78.